The highest BCUT2D eigenvalue weighted by Crippen LogP contribution is 2.43. The second kappa shape index (κ2) is 7.66. The van der Waals surface area contributed by atoms with E-state index in [4.69, 9.17) is 9.47 Å². The van der Waals surface area contributed by atoms with Crippen molar-refractivity contribution in [1.82, 2.24) is 5.32 Å². The number of ether oxygens (including phenoxy) is 2. The van der Waals surface area contributed by atoms with Gasteiger partial charge in [0.15, 0.2) is 11.5 Å². The van der Waals surface area contributed by atoms with E-state index >= 15 is 0 Å². The minimum Gasteiger partial charge on any atom is -0.486 e. The van der Waals surface area contributed by atoms with Crippen LogP contribution in [0.4, 0.5) is 4.39 Å². The quantitative estimate of drug-likeness (QED) is 0.657. The highest BCUT2D eigenvalue weighted by molar-refractivity contribution is 14.1. The molecule has 0 radical (unpaired) electrons. The highest BCUT2D eigenvalue weighted by atomic mass is 127. The molecule has 0 aromatic heterocycles. The molecule has 1 aliphatic heterocycles. The molecule has 2 aromatic carbocycles. The number of carbonyl (C=O) groups is 1. The topological polar surface area (TPSA) is 47.6 Å². The number of rotatable bonds is 4. The minimum absolute atomic E-state index is 0.100. The van der Waals surface area contributed by atoms with E-state index in [1.54, 1.807) is 0 Å². The Bertz CT molecular complexity index is 865. The third-order valence-electron chi connectivity index (χ3n) is 5.48. The van der Waals surface area contributed by atoms with Gasteiger partial charge in [0.05, 0.1) is 5.56 Å². The van der Waals surface area contributed by atoms with Crippen molar-refractivity contribution < 1.29 is 18.7 Å². The summed E-state index contributed by atoms with van der Waals surface area (Å²) in [4.78, 5) is 12.7. The predicted molar refractivity (Wildman–Crippen MR) is 109 cm³/mol. The van der Waals surface area contributed by atoms with E-state index in [-0.39, 0.29) is 17.1 Å². The first-order chi connectivity index (χ1) is 13.1. The summed E-state index contributed by atoms with van der Waals surface area (Å²) in [5.41, 5.74) is 1.59. The molecule has 1 saturated carbocycles. The summed E-state index contributed by atoms with van der Waals surface area (Å²) in [5.74, 6) is 1.06. The van der Waals surface area contributed by atoms with Gasteiger partial charge in [-0.05, 0) is 71.3 Å². The van der Waals surface area contributed by atoms with Crippen LogP contribution in [0.15, 0.2) is 36.4 Å². The van der Waals surface area contributed by atoms with Crippen molar-refractivity contribution in [3.8, 4) is 11.5 Å². The lowest BCUT2D eigenvalue weighted by molar-refractivity contribution is 0.0942. The Balaban J connectivity index is 1.55. The number of benzene rings is 2. The first-order valence-corrected chi connectivity index (χ1v) is 10.3. The molecule has 0 atom stereocenters. The SMILES string of the molecule is O=C(NCC1(c2ccc3c(c2)OCCO3)CCCC1)c1ccc(F)cc1I. The summed E-state index contributed by atoms with van der Waals surface area (Å²) in [6.45, 7) is 1.69. The van der Waals surface area contributed by atoms with Gasteiger partial charge in [0, 0.05) is 15.5 Å². The highest BCUT2D eigenvalue weighted by Gasteiger charge is 2.37. The van der Waals surface area contributed by atoms with Crippen molar-refractivity contribution in [2.75, 3.05) is 19.8 Å². The zero-order chi connectivity index (χ0) is 18.9. The van der Waals surface area contributed by atoms with E-state index in [9.17, 15) is 9.18 Å². The molecule has 1 aliphatic carbocycles. The zero-order valence-electron chi connectivity index (χ0n) is 14.9. The summed E-state index contributed by atoms with van der Waals surface area (Å²) in [7, 11) is 0. The van der Waals surface area contributed by atoms with Crippen LogP contribution in [0, 0.1) is 9.39 Å². The van der Waals surface area contributed by atoms with Gasteiger partial charge in [0.2, 0.25) is 0 Å². The van der Waals surface area contributed by atoms with E-state index in [0.717, 1.165) is 37.2 Å². The molecule has 1 heterocycles. The fourth-order valence-corrected chi connectivity index (χ4v) is 4.73. The van der Waals surface area contributed by atoms with Crippen molar-refractivity contribution in [1.29, 1.82) is 0 Å². The van der Waals surface area contributed by atoms with Crippen molar-refractivity contribution in [3.05, 3.63) is 56.9 Å². The monoisotopic (exact) mass is 481 g/mol. The molecule has 142 valence electrons. The minimum atomic E-state index is -0.334. The van der Waals surface area contributed by atoms with Crippen LogP contribution in [-0.4, -0.2) is 25.7 Å². The van der Waals surface area contributed by atoms with Gasteiger partial charge in [0.25, 0.3) is 5.91 Å². The Labute approximate surface area is 171 Å². The second-order valence-corrected chi connectivity index (χ2v) is 8.31. The van der Waals surface area contributed by atoms with Crippen LogP contribution in [0.25, 0.3) is 0 Å². The molecule has 0 spiro atoms. The summed E-state index contributed by atoms with van der Waals surface area (Å²) in [6, 6.07) is 10.4. The van der Waals surface area contributed by atoms with E-state index in [2.05, 4.69) is 17.4 Å². The molecule has 4 nitrogen and oxygen atoms in total. The van der Waals surface area contributed by atoms with Crippen LogP contribution in [0.3, 0.4) is 0 Å². The van der Waals surface area contributed by atoms with Gasteiger partial charge in [-0.1, -0.05) is 18.9 Å². The maximum Gasteiger partial charge on any atom is 0.252 e. The Morgan fingerprint density at radius 3 is 2.56 bits per heavy atom. The van der Waals surface area contributed by atoms with Crippen molar-refractivity contribution in [3.63, 3.8) is 0 Å². The molecule has 27 heavy (non-hydrogen) atoms. The van der Waals surface area contributed by atoms with Crippen molar-refractivity contribution in [2.24, 2.45) is 0 Å². The Morgan fingerprint density at radius 2 is 1.81 bits per heavy atom. The maximum absolute atomic E-state index is 13.3. The molecule has 0 saturated heterocycles. The smallest absolute Gasteiger partial charge is 0.252 e. The molecule has 1 fully saturated rings. The molecule has 1 N–H and O–H groups in total. The summed E-state index contributed by atoms with van der Waals surface area (Å²) in [5, 5.41) is 3.08. The number of hydrogen-bond donors (Lipinski definition) is 1. The fourth-order valence-electron chi connectivity index (χ4n) is 4.01. The Hall–Kier alpha value is -1.83. The Morgan fingerprint density at radius 1 is 1.07 bits per heavy atom. The largest absolute Gasteiger partial charge is 0.486 e. The van der Waals surface area contributed by atoms with Crippen molar-refractivity contribution in [2.45, 2.75) is 31.1 Å². The first-order valence-electron chi connectivity index (χ1n) is 9.21. The number of fused-ring (bicyclic) bond motifs is 1. The lowest BCUT2D eigenvalue weighted by Gasteiger charge is -2.31. The molecule has 2 aromatic rings. The standard InChI is InChI=1S/C21H21FINO3/c22-15-4-5-16(17(23)12-15)20(25)24-13-21(7-1-2-8-21)14-3-6-18-19(11-14)27-10-9-26-18/h3-6,11-12H,1-2,7-10,13H2,(H,24,25). The summed E-state index contributed by atoms with van der Waals surface area (Å²) >= 11 is 2.00. The van der Waals surface area contributed by atoms with E-state index in [0.29, 0.717) is 28.9 Å². The van der Waals surface area contributed by atoms with Gasteiger partial charge in [-0.15, -0.1) is 0 Å². The van der Waals surface area contributed by atoms with Crippen LogP contribution in [-0.2, 0) is 5.41 Å². The van der Waals surface area contributed by atoms with Crippen LogP contribution in [0.2, 0.25) is 0 Å². The molecule has 1 amide bonds. The van der Waals surface area contributed by atoms with Crippen LogP contribution in [0.1, 0.15) is 41.6 Å². The van der Waals surface area contributed by atoms with Gasteiger partial charge in [0.1, 0.15) is 19.0 Å². The number of nitrogens with one attached hydrogen (secondary N) is 1. The average Bonchev–Trinajstić information content (AvgIpc) is 3.16. The number of halogens is 2. The van der Waals surface area contributed by atoms with Gasteiger partial charge in [-0.25, -0.2) is 4.39 Å². The van der Waals surface area contributed by atoms with Crippen LogP contribution in [0.5, 0.6) is 11.5 Å². The number of amides is 1. The van der Waals surface area contributed by atoms with E-state index in [1.807, 2.05) is 28.7 Å². The van der Waals surface area contributed by atoms with Crippen molar-refractivity contribution >= 4 is 28.5 Å². The fraction of sp³-hybridized carbons (Fsp3) is 0.381. The molecular formula is C21H21FINO3. The lowest BCUT2D eigenvalue weighted by Crippen LogP contribution is -2.39. The third-order valence-corrected chi connectivity index (χ3v) is 6.37. The van der Waals surface area contributed by atoms with Gasteiger partial charge < -0.3 is 14.8 Å². The third kappa shape index (κ3) is 3.77. The van der Waals surface area contributed by atoms with Crippen LogP contribution >= 0.6 is 22.6 Å². The Kier molecular flexibility index (Phi) is 5.25. The zero-order valence-corrected chi connectivity index (χ0v) is 17.1. The average molecular weight is 481 g/mol. The molecule has 0 unspecified atom stereocenters. The number of carbonyl (C=O) groups excluding carboxylic acids is 1. The van der Waals surface area contributed by atoms with E-state index < -0.39 is 0 Å². The number of hydrogen-bond acceptors (Lipinski definition) is 3. The van der Waals surface area contributed by atoms with Gasteiger partial charge in [-0.2, -0.15) is 0 Å². The molecular weight excluding hydrogens is 460 g/mol. The maximum atomic E-state index is 13.3. The lowest BCUT2D eigenvalue weighted by atomic mass is 9.78. The summed E-state index contributed by atoms with van der Waals surface area (Å²) < 4.78 is 25.3. The van der Waals surface area contributed by atoms with Gasteiger partial charge >= 0.3 is 0 Å². The normalized spacial score (nSPS) is 17.6. The molecule has 0 bridgehead atoms. The molecule has 6 heteroatoms. The molecule has 4 rings (SSSR count). The van der Waals surface area contributed by atoms with Gasteiger partial charge in [-0.3, -0.25) is 4.79 Å². The van der Waals surface area contributed by atoms with E-state index in [1.165, 1.54) is 23.8 Å². The summed E-state index contributed by atoms with van der Waals surface area (Å²) in [6.07, 6.45) is 4.32. The first kappa shape index (κ1) is 18.5. The predicted octanol–water partition coefficient (Wildman–Crippen LogP) is 4.44. The second-order valence-electron chi connectivity index (χ2n) is 7.15. The molecule has 2 aliphatic rings. The van der Waals surface area contributed by atoms with Crippen LogP contribution < -0.4 is 14.8 Å².